The zero-order valence-corrected chi connectivity index (χ0v) is 14.0. The molecule has 0 unspecified atom stereocenters. The van der Waals surface area contributed by atoms with Crippen molar-refractivity contribution in [2.45, 2.75) is 9.37 Å². The molecule has 1 aromatic carbocycles. The summed E-state index contributed by atoms with van der Waals surface area (Å²) < 4.78 is 7.18. The van der Waals surface area contributed by atoms with Crippen LogP contribution in [0.25, 0.3) is 5.69 Å². The standard InChI is InChI=1S/C11H4BrClN6S2/c12-6-1-3-7(4-2-6)19-11(15-17-18-19)20-10-8(5-14)9(13)16-21-10/h1-4H. The predicted octanol–water partition coefficient (Wildman–Crippen LogP) is 3.56. The van der Waals surface area contributed by atoms with Gasteiger partial charge in [-0.2, -0.15) is 14.3 Å². The molecule has 6 nitrogen and oxygen atoms in total. The molecule has 0 bridgehead atoms. The molecular weight excluding hydrogens is 396 g/mol. The maximum Gasteiger partial charge on any atom is 0.219 e. The normalized spacial score (nSPS) is 10.5. The molecule has 0 N–H and O–H groups in total. The Hall–Kier alpha value is -1.47. The number of tetrazole rings is 1. The summed E-state index contributed by atoms with van der Waals surface area (Å²) in [6.07, 6.45) is 0. The Morgan fingerprint density at radius 2 is 2.10 bits per heavy atom. The number of halogens is 2. The van der Waals surface area contributed by atoms with E-state index in [4.69, 9.17) is 16.9 Å². The van der Waals surface area contributed by atoms with E-state index in [0.717, 1.165) is 21.7 Å². The number of hydrogen-bond acceptors (Lipinski definition) is 7. The summed E-state index contributed by atoms with van der Waals surface area (Å²) in [5.41, 5.74) is 1.16. The molecule has 104 valence electrons. The zero-order valence-electron chi connectivity index (χ0n) is 10.1. The quantitative estimate of drug-likeness (QED) is 0.670. The fraction of sp³-hybridized carbons (Fsp3) is 0. The molecule has 2 aromatic heterocycles. The fourth-order valence-electron chi connectivity index (χ4n) is 1.49. The number of hydrogen-bond donors (Lipinski definition) is 0. The second-order valence-corrected chi connectivity index (χ2v) is 6.98. The van der Waals surface area contributed by atoms with Crippen LogP contribution >= 0.6 is 50.8 Å². The number of rotatable bonds is 3. The first kappa shape index (κ1) is 14.5. The molecule has 10 heteroatoms. The van der Waals surface area contributed by atoms with Crippen LogP contribution in [-0.4, -0.2) is 24.6 Å². The van der Waals surface area contributed by atoms with Gasteiger partial charge >= 0.3 is 0 Å². The average molecular weight is 400 g/mol. The molecule has 0 aliphatic rings. The number of nitrogens with zero attached hydrogens (tertiary/aromatic N) is 6. The van der Waals surface area contributed by atoms with Crippen LogP contribution in [0.1, 0.15) is 5.56 Å². The Morgan fingerprint density at radius 3 is 2.81 bits per heavy atom. The van der Waals surface area contributed by atoms with Crippen molar-refractivity contribution < 1.29 is 0 Å². The third-order valence-corrected chi connectivity index (χ3v) is 5.27. The number of nitriles is 1. The third-order valence-electron chi connectivity index (χ3n) is 2.43. The van der Waals surface area contributed by atoms with Gasteiger partial charge < -0.3 is 0 Å². The highest BCUT2D eigenvalue weighted by Crippen LogP contribution is 2.36. The van der Waals surface area contributed by atoms with E-state index in [9.17, 15) is 0 Å². The van der Waals surface area contributed by atoms with E-state index in [1.54, 1.807) is 4.68 Å². The van der Waals surface area contributed by atoms with E-state index in [2.05, 4.69) is 35.8 Å². The first-order valence-electron chi connectivity index (χ1n) is 5.46. The average Bonchev–Trinajstić information content (AvgIpc) is 3.07. The topological polar surface area (TPSA) is 80.3 Å². The predicted molar refractivity (Wildman–Crippen MR) is 82.8 cm³/mol. The Morgan fingerprint density at radius 1 is 1.33 bits per heavy atom. The van der Waals surface area contributed by atoms with E-state index in [1.165, 1.54) is 11.8 Å². The minimum atomic E-state index is 0.202. The first-order valence-corrected chi connectivity index (χ1v) is 8.22. The lowest BCUT2D eigenvalue weighted by Gasteiger charge is -2.03. The first-order chi connectivity index (χ1) is 10.2. The van der Waals surface area contributed by atoms with Crippen molar-refractivity contribution in [1.29, 1.82) is 5.26 Å². The highest BCUT2D eigenvalue weighted by Gasteiger charge is 2.17. The smallest absolute Gasteiger partial charge is 0.192 e. The third kappa shape index (κ3) is 2.94. The van der Waals surface area contributed by atoms with E-state index < -0.39 is 0 Å². The van der Waals surface area contributed by atoms with Gasteiger partial charge in [-0.3, -0.25) is 0 Å². The number of aromatic nitrogens is 5. The lowest BCUT2D eigenvalue weighted by atomic mass is 10.3. The largest absolute Gasteiger partial charge is 0.219 e. The maximum absolute atomic E-state index is 9.09. The Kier molecular flexibility index (Phi) is 4.21. The molecule has 0 radical (unpaired) electrons. The van der Waals surface area contributed by atoms with Crippen molar-refractivity contribution in [3.63, 3.8) is 0 Å². The summed E-state index contributed by atoms with van der Waals surface area (Å²) in [7, 11) is 0. The van der Waals surface area contributed by atoms with Gasteiger partial charge in [-0.1, -0.05) is 27.5 Å². The van der Waals surface area contributed by atoms with Gasteiger partial charge in [0.2, 0.25) is 5.16 Å². The van der Waals surface area contributed by atoms with Gasteiger partial charge in [0.05, 0.1) is 5.69 Å². The molecule has 0 amide bonds. The van der Waals surface area contributed by atoms with Crippen molar-refractivity contribution in [2.24, 2.45) is 0 Å². The maximum atomic E-state index is 9.09. The van der Waals surface area contributed by atoms with Gasteiger partial charge in [0.25, 0.3) is 0 Å². The van der Waals surface area contributed by atoms with E-state index >= 15 is 0 Å². The van der Waals surface area contributed by atoms with Crippen molar-refractivity contribution in [1.82, 2.24) is 24.6 Å². The van der Waals surface area contributed by atoms with Gasteiger partial charge in [0, 0.05) is 4.47 Å². The van der Waals surface area contributed by atoms with Crippen molar-refractivity contribution in [3.05, 3.63) is 39.5 Å². The van der Waals surface area contributed by atoms with Gasteiger partial charge in [-0.05, 0) is 58.0 Å². The lowest BCUT2D eigenvalue weighted by molar-refractivity contribution is 0.756. The minimum Gasteiger partial charge on any atom is -0.192 e. The molecule has 3 rings (SSSR count). The highest BCUT2D eigenvalue weighted by atomic mass is 79.9. The van der Waals surface area contributed by atoms with Crippen LogP contribution in [0.2, 0.25) is 5.15 Å². The van der Waals surface area contributed by atoms with Crippen LogP contribution in [-0.2, 0) is 0 Å². The number of benzene rings is 1. The molecule has 0 aliphatic heterocycles. The second kappa shape index (κ2) is 6.11. The van der Waals surface area contributed by atoms with Gasteiger partial charge in [-0.25, -0.2) is 0 Å². The summed E-state index contributed by atoms with van der Waals surface area (Å²) in [5, 5.41) is 21.4. The van der Waals surface area contributed by atoms with Crippen molar-refractivity contribution >= 4 is 50.8 Å². The summed E-state index contributed by atoms with van der Waals surface area (Å²) in [5.74, 6) is 0. The molecule has 0 atom stereocenters. The molecule has 0 spiro atoms. The summed E-state index contributed by atoms with van der Waals surface area (Å²) >= 11 is 11.6. The highest BCUT2D eigenvalue weighted by molar-refractivity contribution is 9.10. The molecule has 0 saturated carbocycles. The molecule has 0 fully saturated rings. The van der Waals surface area contributed by atoms with E-state index in [1.807, 2.05) is 30.3 Å². The summed E-state index contributed by atoms with van der Waals surface area (Å²) in [6, 6.07) is 9.60. The zero-order chi connectivity index (χ0) is 14.8. The minimum absolute atomic E-state index is 0.202. The van der Waals surface area contributed by atoms with Crippen molar-refractivity contribution in [2.75, 3.05) is 0 Å². The van der Waals surface area contributed by atoms with Crippen LogP contribution < -0.4 is 0 Å². The molecular formula is C11H4BrClN6S2. The van der Waals surface area contributed by atoms with Gasteiger partial charge in [-0.15, -0.1) is 5.10 Å². The molecule has 0 saturated heterocycles. The molecule has 3 aromatic rings. The SMILES string of the molecule is N#Cc1c(Cl)nsc1Sc1nnnn1-c1ccc(Br)cc1. The molecule has 0 aliphatic carbocycles. The Labute approximate surface area is 141 Å². The van der Waals surface area contributed by atoms with Crippen LogP contribution in [0.15, 0.2) is 38.1 Å². The monoisotopic (exact) mass is 398 g/mol. The van der Waals surface area contributed by atoms with Crippen molar-refractivity contribution in [3.8, 4) is 11.8 Å². The lowest BCUT2D eigenvalue weighted by Crippen LogP contribution is -1.98. The van der Waals surface area contributed by atoms with Gasteiger partial charge in [0.15, 0.2) is 5.15 Å². The summed E-state index contributed by atoms with van der Waals surface area (Å²) in [4.78, 5) is 0. The summed E-state index contributed by atoms with van der Waals surface area (Å²) in [6.45, 7) is 0. The van der Waals surface area contributed by atoms with Crippen LogP contribution in [0.3, 0.4) is 0 Å². The Balaban J connectivity index is 1.96. The van der Waals surface area contributed by atoms with Crippen LogP contribution in [0.5, 0.6) is 0 Å². The molecule has 21 heavy (non-hydrogen) atoms. The molecule has 2 heterocycles. The Bertz CT molecular complexity index is 822. The van der Waals surface area contributed by atoms with E-state index in [0.29, 0.717) is 14.9 Å². The van der Waals surface area contributed by atoms with E-state index in [-0.39, 0.29) is 5.15 Å². The second-order valence-electron chi connectivity index (χ2n) is 3.70. The fourth-order valence-corrected chi connectivity index (χ4v) is 3.79. The van der Waals surface area contributed by atoms with Crippen LogP contribution in [0, 0.1) is 11.3 Å². The van der Waals surface area contributed by atoms with Gasteiger partial charge in [0.1, 0.15) is 15.8 Å². The van der Waals surface area contributed by atoms with Crippen LogP contribution in [0.4, 0.5) is 0 Å².